The summed E-state index contributed by atoms with van der Waals surface area (Å²) >= 11 is 0. The Morgan fingerprint density at radius 3 is 2.57 bits per heavy atom. The molecule has 0 aromatic carbocycles. The summed E-state index contributed by atoms with van der Waals surface area (Å²) in [7, 11) is 0. The van der Waals surface area contributed by atoms with Crippen LogP contribution in [0.5, 0.6) is 0 Å². The molecular weight excluding hydrogens is 298 g/mol. The lowest BCUT2D eigenvalue weighted by Gasteiger charge is -2.44. The fourth-order valence-electron chi connectivity index (χ4n) is 3.63. The molecule has 0 atom stereocenters. The molecule has 0 unspecified atom stereocenters. The fraction of sp³-hybridized carbons (Fsp3) is 0.750. The van der Waals surface area contributed by atoms with E-state index in [9.17, 15) is 9.59 Å². The number of nitrogens with one attached hydrogen (secondary N) is 2. The van der Waals surface area contributed by atoms with Gasteiger partial charge in [0.2, 0.25) is 0 Å². The Bertz CT molecular complexity index is 591. The van der Waals surface area contributed by atoms with Crippen LogP contribution in [0.2, 0.25) is 0 Å². The lowest BCUT2D eigenvalue weighted by Crippen LogP contribution is -2.42. The van der Waals surface area contributed by atoms with Crippen LogP contribution in [0.25, 0.3) is 0 Å². The topological polar surface area (TPSA) is 87.4 Å². The molecule has 23 heavy (non-hydrogen) atoms. The van der Waals surface area contributed by atoms with Crippen molar-refractivity contribution in [2.45, 2.75) is 39.2 Å². The number of carbonyl (C=O) groups is 1. The first kappa shape index (κ1) is 16.3. The Kier molecular flexibility index (Phi) is 4.87. The van der Waals surface area contributed by atoms with Crippen LogP contribution in [0.15, 0.2) is 4.79 Å². The van der Waals surface area contributed by atoms with Crippen LogP contribution in [0, 0.1) is 5.41 Å². The van der Waals surface area contributed by atoms with E-state index in [2.05, 4.69) is 14.9 Å². The third-order valence-electron chi connectivity index (χ3n) is 5.14. The molecule has 0 aliphatic carbocycles. The number of rotatable bonds is 4. The molecular formula is C16H25N3O4. The smallest absolute Gasteiger partial charge is 0.356 e. The van der Waals surface area contributed by atoms with E-state index in [1.54, 1.807) is 6.92 Å². The summed E-state index contributed by atoms with van der Waals surface area (Å²) < 4.78 is 10.5. The monoisotopic (exact) mass is 323 g/mol. The van der Waals surface area contributed by atoms with Crippen molar-refractivity contribution in [2.24, 2.45) is 5.41 Å². The minimum Gasteiger partial charge on any atom is -0.461 e. The van der Waals surface area contributed by atoms with Crippen molar-refractivity contribution < 1.29 is 14.3 Å². The third-order valence-corrected chi connectivity index (χ3v) is 5.14. The number of aromatic amines is 2. The van der Waals surface area contributed by atoms with Crippen molar-refractivity contribution in [3.05, 3.63) is 21.9 Å². The molecule has 1 spiro atoms. The Morgan fingerprint density at radius 1 is 1.22 bits per heavy atom. The Morgan fingerprint density at radius 2 is 1.91 bits per heavy atom. The van der Waals surface area contributed by atoms with E-state index >= 15 is 0 Å². The first-order valence-corrected chi connectivity index (χ1v) is 8.40. The molecule has 0 radical (unpaired) electrons. The van der Waals surface area contributed by atoms with Crippen molar-refractivity contribution in [2.75, 3.05) is 32.9 Å². The van der Waals surface area contributed by atoms with Crippen LogP contribution in [0.3, 0.4) is 0 Å². The molecule has 0 amide bonds. The van der Waals surface area contributed by atoms with Crippen LogP contribution >= 0.6 is 0 Å². The van der Waals surface area contributed by atoms with Gasteiger partial charge < -0.3 is 14.5 Å². The van der Waals surface area contributed by atoms with Gasteiger partial charge in [-0.25, -0.2) is 9.59 Å². The van der Waals surface area contributed by atoms with Gasteiger partial charge in [0.25, 0.3) is 0 Å². The second-order valence-electron chi connectivity index (χ2n) is 6.54. The quantitative estimate of drug-likeness (QED) is 0.815. The highest BCUT2D eigenvalue weighted by Gasteiger charge is 2.36. The van der Waals surface area contributed by atoms with Gasteiger partial charge in [-0.2, -0.15) is 0 Å². The van der Waals surface area contributed by atoms with Crippen molar-refractivity contribution >= 4 is 5.97 Å². The Hall–Kier alpha value is -1.60. The maximum Gasteiger partial charge on any atom is 0.356 e. The number of carbonyl (C=O) groups excluding carboxylic acids is 1. The van der Waals surface area contributed by atoms with Gasteiger partial charge >= 0.3 is 11.7 Å². The molecule has 3 rings (SSSR count). The average Bonchev–Trinajstić information content (AvgIpc) is 2.92. The minimum absolute atomic E-state index is 0.253. The van der Waals surface area contributed by atoms with E-state index < -0.39 is 5.97 Å². The van der Waals surface area contributed by atoms with Gasteiger partial charge in [-0.05, 0) is 51.1 Å². The molecule has 0 saturated carbocycles. The first-order chi connectivity index (χ1) is 11.1. The van der Waals surface area contributed by atoms with E-state index in [0.29, 0.717) is 24.3 Å². The number of esters is 1. The highest BCUT2D eigenvalue weighted by atomic mass is 16.5. The zero-order chi connectivity index (χ0) is 16.3. The van der Waals surface area contributed by atoms with Gasteiger partial charge in [-0.3, -0.25) is 9.88 Å². The van der Waals surface area contributed by atoms with Gasteiger partial charge in [0.1, 0.15) is 5.69 Å². The highest BCUT2D eigenvalue weighted by molar-refractivity contribution is 5.88. The second-order valence-corrected chi connectivity index (χ2v) is 6.54. The predicted molar refractivity (Wildman–Crippen MR) is 84.4 cm³/mol. The molecule has 1 aromatic rings. The van der Waals surface area contributed by atoms with E-state index in [1.807, 2.05) is 0 Å². The molecule has 7 heteroatoms. The highest BCUT2D eigenvalue weighted by Crippen LogP contribution is 2.40. The summed E-state index contributed by atoms with van der Waals surface area (Å²) in [5.74, 6) is -0.473. The van der Waals surface area contributed by atoms with Gasteiger partial charge in [0.15, 0.2) is 0 Å². The zero-order valence-electron chi connectivity index (χ0n) is 13.7. The zero-order valence-corrected chi connectivity index (χ0v) is 13.7. The summed E-state index contributed by atoms with van der Waals surface area (Å²) in [6.45, 7) is 6.32. The van der Waals surface area contributed by atoms with E-state index in [-0.39, 0.29) is 11.4 Å². The molecule has 2 aliphatic heterocycles. The van der Waals surface area contributed by atoms with Crippen LogP contribution < -0.4 is 5.69 Å². The fourth-order valence-corrected chi connectivity index (χ4v) is 3.63. The number of piperidine rings is 1. The number of aromatic nitrogens is 2. The van der Waals surface area contributed by atoms with Crippen LogP contribution in [-0.2, 0) is 16.0 Å². The summed E-state index contributed by atoms with van der Waals surface area (Å²) in [6.07, 6.45) is 4.60. The average molecular weight is 323 g/mol. The summed E-state index contributed by atoms with van der Waals surface area (Å²) in [5, 5.41) is 0. The molecule has 0 bridgehead atoms. The number of hydrogen-bond donors (Lipinski definition) is 2. The van der Waals surface area contributed by atoms with Crippen LogP contribution in [0.1, 0.15) is 48.8 Å². The summed E-state index contributed by atoms with van der Waals surface area (Å²) in [6, 6.07) is 0. The number of ether oxygens (including phenoxy) is 2. The van der Waals surface area contributed by atoms with E-state index in [1.165, 1.54) is 0 Å². The molecule has 3 heterocycles. The summed E-state index contributed by atoms with van der Waals surface area (Å²) in [5.41, 5.74) is 0.949. The van der Waals surface area contributed by atoms with Gasteiger partial charge in [0.05, 0.1) is 12.3 Å². The lowest BCUT2D eigenvalue weighted by molar-refractivity contribution is -0.0220. The molecule has 128 valence electrons. The van der Waals surface area contributed by atoms with Crippen molar-refractivity contribution in [1.82, 2.24) is 14.9 Å². The van der Waals surface area contributed by atoms with Crippen LogP contribution in [-0.4, -0.2) is 53.7 Å². The van der Waals surface area contributed by atoms with Crippen LogP contribution in [0.4, 0.5) is 0 Å². The van der Waals surface area contributed by atoms with Gasteiger partial charge in [0, 0.05) is 19.8 Å². The molecule has 1 aromatic heterocycles. The Balaban J connectivity index is 1.62. The van der Waals surface area contributed by atoms with Crippen molar-refractivity contribution in [3.8, 4) is 0 Å². The van der Waals surface area contributed by atoms with Crippen molar-refractivity contribution in [3.63, 3.8) is 0 Å². The largest absolute Gasteiger partial charge is 0.461 e. The molecule has 7 nitrogen and oxygen atoms in total. The van der Waals surface area contributed by atoms with E-state index in [0.717, 1.165) is 52.0 Å². The molecule has 2 N–H and O–H groups in total. The maximum atomic E-state index is 11.9. The second kappa shape index (κ2) is 6.88. The minimum atomic E-state index is -0.473. The lowest BCUT2D eigenvalue weighted by atomic mass is 9.72. The summed E-state index contributed by atoms with van der Waals surface area (Å²) in [4.78, 5) is 31.0. The first-order valence-electron chi connectivity index (χ1n) is 8.40. The molecule has 2 aliphatic rings. The number of hydrogen-bond acceptors (Lipinski definition) is 5. The Labute approximate surface area is 135 Å². The molecule has 2 saturated heterocycles. The molecule has 2 fully saturated rings. The number of imidazole rings is 1. The normalized spacial score (nSPS) is 21.4. The standard InChI is InChI=1S/C16H25N3O4/c1-2-23-14(20)13-12(17-15(21)18-13)11-19-7-3-16(4-8-19)5-9-22-10-6-16/h2-11H2,1H3,(H2,17,18,21). The van der Waals surface area contributed by atoms with Gasteiger partial charge in [-0.15, -0.1) is 0 Å². The number of nitrogens with zero attached hydrogens (tertiary/aromatic N) is 1. The third kappa shape index (κ3) is 3.67. The van der Waals surface area contributed by atoms with E-state index in [4.69, 9.17) is 9.47 Å². The number of H-pyrrole nitrogens is 2. The van der Waals surface area contributed by atoms with Gasteiger partial charge in [-0.1, -0.05) is 0 Å². The predicted octanol–water partition coefficient (Wildman–Crippen LogP) is 1.27. The number of likely N-dealkylation sites (tertiary alicyclic amines) is 1. The SMILES string of the molecule is CCOC(=O)c1[nH]c(=O)[nH]c1CN1CCC2(CCOCC2)CC1. The van der Waals surface area contributed by atoms with Crippen molar-refractivity contribution in [1.29, 1.82) is 0 Å². The maximum absolute atomic E-state index is 11.9.